The number of nitrogens with zero attached hydrogens (tertiary/aromatic N) is 1. The van der Waals surface area contributed by atoms with E-state index < -0.39 is 23.9 Å². The van der Waals surface area contributed by atoms with Gasteiger partial charge in [0.2, 0.25) is 11.8 Å². The summed E-state index contributed by atoms with van der Waals surface area (Å²) in [6.45, 7) is 0.170. The van der Waals surface area contributed by atoms with Crippen molar-refractivity contribution in [2.45, 2.75) is 56.7 Å². The Hall–Kier alpha value is -4.30. The molecule has 1 aliphatic carbocycles. The fourth-order valence-electron chi connectivity index (χ4n) is 7.02. The van der Waals surface area contributed by atoms with Gasteiger partial charge < -0.3 is 15.0 Å². The number of ketones is 1. The summed E-state index contributed by atoms with van der Waals surface area (Å²) in [5.41, 5.74) is 2.07. The average molecular weight is 625 g/mol. The summed E-state index contributed by atoms with van der Waals surface area (Å²) in [4.78, 5) is 46.5. The Labute approximate surface area is 267 Å². The summed E-state index contributed by atoms with van der Waals surface area (Å²) >= 11 is 1.50. The van der Waals surface area contributed by atoms with Gasteiger partial charge in [0.05, 0.1) is 19.1 Å². The number of rotatable bonds is 9. The second kappa shape index (κ2) is 13.8. The van der Waals surface area contributed by atoms with Crippen molar-refractivity contribution in [3.8, 4) is 5.75 Å². The number of hydrogen-bond donors (Lipinski definition) is 1. The second-order valence-electron chi connectivity index (χ2n) is 11.9. The van der Waals surface area contributed by atoms with E-state index >= 15 is 0 Å². The SMILES string of the molecule is COc1ccc(C(=O)C2C(c3ccccc3)C(C(=O)NCc3ccc(F)cc3)N(C(=O)C3CCCCC3)C2c2cccs2)cc1. The summed E-state index contributed by atoms with van der Waals surface area (Å²) in [7, 11) is 1.58. The van der Waals surface area contributed by atoms with Gasteiger partial charge in [0.15, 0.2) is 5.78 Å². The molecule has 232 valence electrons. The largest absolute Gasteiger partial charge is 0.497 e. The number of Topliss-reactive ketones (excluding diaryl/α,β-unsaturated/α-hetero) is 1. The van der Waals surface area contributed by atoms with Gasteiger partial charge in [-0.2, -0.15) is 0 Å². The average Bonchev–Trinajstić information content (AvgIpc) is 3.75. The third kappa shape index (κ3) is 6.43. The molecule has 0 spiro atoms. The van der Waals surface area contributed by atoms with Gasteiger partial charge in [0, 0.05) is 28.8 Å². The zero-order valence-electron chi connectivity index (χ0n) is 25.2. The first-order valence-electron chi connectivity index (χ1n) is 15.6. The Morgan fingerprint density at radius 1 is 0.889 bits per heavy atom. The minimum atomic E-state index is -0.929. The fraction of sp³-hybridized carbons (Fsp3) is 0.324. The number of benzene rings is 3. The summed E-state index contributed by atoms with van der Waals surface area (Å²) in [5.74, 6) is -1.76. The zero-order valence-corrected chi connectivity index (χ0v) is 26.0. The molecule has 2 aliphatic rings. The number of nitrogens with one attached hydrogen (secondary N) is 1. The lowest BCUT2D eigenvalue weighted by molar-refractivity contribution is -0.145. The first kappa shape index (κ1) is 30.7. The van der Waals surface area contributed by atoms with Crippen molar-refractivity contribution in [3.63, 3.8) is 0 Å². The Balaban J connectivity index is 1.48. The molecule has 2 amide bonds. The Morgan fingerprint density at radius 2 is 1.60 bits per heavy atom. The van der Waals surface area contributed by atoms with Crippen LogP contribution in [0.25, 0.3) is 0 Å². The van der Waals surface area contributed by atoms with Crippen LogP contribution in [-0.4, -0.2) is 35.6 Å². The van der Waals surface area contributed by atoms with Crippen molar-refractivity contribution in [1.82, 2.24) is 10.2 Å². The molecule has 2 fully saturated rings. The third-order valence-corrected chi connectivity index (χ3v) is 10.2. The minimum Gasteiger partial charge on any atom is -0.497 e. The number of methoxy groups -OCH3 is 1. The van der Waals surface area contributed by atoms with Gasteiger partial charge in [-0.3, -0.25) is 14.4 Å². The number of hydrogen-bond acceptors (Lipinski definition) is 5. The molecule has 1 aliphatic heterocycles. The molecular formula is C37H37FN2O4S. The van der Waals surface area contributed by atoms with E-state index in [-0.39, 0.29) is 35.9 Å². The van der Waals surface area contributed by atoms with Crippen molar-refractivity contribution in [1.29, 1.82) is 0 Å². The second-order valence-corrected chi connectivity index (χ2v) is 12.9. The smallest absolute Gasteiger partial charge is 0.243 e. The third-order valence-electron chi connectivity index (χ3n) is 9.22. The van der Waals surface area contributed by atoms with Crippen LogP contribution in [0.1, 0.15) is 70.4 Å². The van der Waals surface area contributed by atoms with E-state index in [0.29, 0.717) is 11.3 Å². The fourth-order valence-corrected chi connectivity index (χ4v) is 7.90. The number of carbonyl (C=O) groups is 3. The van der Waals surface area contributed by atoms with Crippen LogP contribution in [0, 0.1) is 17.7 Å². The molecule has 4 atom stereocenters. The normalized spacial score (nSPS) is 21.8. The predicted octanol–water partition coefficient (Wildman–Crippen LogP) is 7.33. The molecule has 1 saturated heterocycles. The number of carbonyl (C=O) groups excluding carboxylic acids is 3. The zero-order chi connectivity index (χ0) is 31.3. The minimum absolute atomic E-state index is 0.0685. The van der Waals surface area contributed by atoms with E-state index in [1.165, 1.54) is 23.5 Å². The van der Waals surface area contributed by atoms with Gasteiger partial charge in [0.1, 0.15) is 17.6 Å². The number of halogens is 1. The number of thiophene rings is 1. The lowest BCUT2D eigenvalue weighted by Gasteiger charge is -2.35. The highest BCUT2D eigenvalue weighted by Gasteiger charge is 2.58. The van der Waals surface area contributed by atoms with Crippen LogP contribution in [0.5, 0.6) is 5.75 Å². The summed E-state index contributed by atoms with van der Waals surface area (Å²) in [6, 6.07) is 25.0. The van der Waals surface area contributed by atoms with E-state index in [4.69, 9.17) is 4.74 Å². The van der Waals surface area contributed by atoms with Gasteiger partial charge in [-0.1, -0.05) is 67.8 Å². The van der Waals surface area contributed by atoms with Crippen molar-refractivity contribution in [3.05, 3.63) is 124 Å². The summed E-state index contributed by atoms with van der Waals surface area (Å²) in [5, 5.41) is 5.00. The van der Waals surface area contributed by atoms with Crippen LogP contribution in [0.4, 0.5) is 4.39 Å². The highest BCUT2D eigenvalue weighted by molar-refractivity contribution is 7.10. The molecular weight excluding hydrogens is 587 g/mol. The summed E-state index contributed by atoms with van der Waals surface area (Å²) in [6.07, 6.45) is 4.55. The van der Waals surface area contributed by atoms with Crippen molar-refractivity contribution >= 4 is 28.9 Å². The highest BCUT2D eigenvalue weighted by atomic mass is 32.1. The predicted molar refractivity (Wildman–Crippen MR) is 173 cm³/mol. The van der Waals surface area contributed by atoms with Crippen LogP contribution in [0.2, 0.25) is 0 Å². The molecule has 4 aromatic rings. The maximum atomic E-state index is 14.7. The lowest BCUT2D eigenvalue weighted by Crippen LogP contribution is -2.50. The molecule has 4 unspecified atom stereocenters. The first-order valence-corrected chi connectivity index (χ1v) is 16.4. The molecule has 6 rings (SSSR count). The molecule has 0 radical (unpaired) electrons. The van der Waals surface area contributed by atoms with Gasteiger partial charge >= 0.3 is 0 Å². The molecule has 6 nitrogen and oxygen atoms in total. The molecule has 45 heavy (non-hydrogen) atoms. The number of amides is 2. The van der Waals surface area contributed by atoms with Crippen molar-refractivity contribution in [2.24, 2.45) is 11.8 Å². The van der Waals surface area contributed by atoms with Gasteiger partial charge in [-0.15, -0.1) is 11.3 Å². The standard InChI is InChI=1S/C37H37FN2O4S/c1-44-29-20-16-26(17-21-29)35(41)32-31(25-9-4-2-5-10-25)34(36(42)39-23-24-14-18-28(38)19-15-24)40(33(32)30-13-8-22-45-30)37(43)27-11-6-3-7-12-27/h2,4-5,8-10,13-22,27,31-34H,3,6-7,11-12,23H2,1H3,(H,39,42). The van der Waals surface area contributed by atoms with Crippen LogP contribution in [-0.2, 0) is 16.1 Å². The van der Waals surface area contributed by atoms with E-state index in [9.17, 15) is 18.8 Å². The molecule has 1 aromatic heterocycles. The maximum Gasteiger partial charge on any atom is 0.243 e. The first-order chi connectivity index (χ1) is 22.0. The van der Waals surface area contributed by atoms with Crippen molar-refractivity contribution in [2.75, 3.05) is 7.11 Å². The molecule has 8 heteroatoms. The molecule has 3 aromatic carbocycles. The molecule has 1 N–H and O–H groups in total. The van der Waals surface area contributed by atoms with Crippen LogP contribution in [0.15, 0.2) is 96.4 Å². The van der Waals surface area contributed by atoms with Gasteiger partial charge in [0.25, 0.3) is 0 Å². The lowest BCUT2D eigenvalue weighted by atomic mass is 9.77. The quantitative estimate of drug-likeness (QED) is 0.198. The van der Waals surface area contributed by atoms with Gasteiger partial charge in [-0.05, 0) is 71.8 Å². The topological polar surface area (TPSA) is 75.7 Å². The van der Waals surface area contributed by atoms with E-state index in [1.807, 2.05) is 47.8 Å². The van der Waals surface area contributed by atoms with E-state index in [1.54, 1.807) is 48.4 Å². The monoisotopic (exact) mass is 624 g/mol. The van der Waals surface area contributed by atoms with E-state index in [0.717, 1.165) is 48.1 Å². The Morgan fingerprint density at radius 3 is 2.24 bits per heavy atom. The van der Waals surface area contributed by atoms with Crippen LogP contribution < -0.4 is 10.1 Å². The molecule has 1 saturated carbocycles. The van der Waals surface area contributed by atoms with Gasteiger partial charge in [-0.25, -0.2) is 4.39 Å². The highest BCUT2D eigenvalue weighted by Crippen LogP contribution is 2.53. The van der Waals surface area contributed by atoms with Crippen molar-refractivity contribution < 1.29 is 23.5 Å². The summed E-state index contributed by atoms with van der Waals surface area (Å²) < 4.78 is 18.9. The number of likely N-dealkylation sites (tertiary alicyclic amines) is 1. The van der Waals surface area contributed by atoms with Crippen LogP contribution >= 0.6 is 11.3 Å². The Bertz CT molecular complexity index is 1600. The Kier molecular flexibility index (Phi) is 9.40. The number of ether oxygens (including phenoxy) is 1. The van der Waals surface area contributed by atoms with Crippen LogP contribution in [0.3, 0.4) is 0 Å². The molecule has 2 heterocycles. The molecule has 0 bridgehead atoms. The maximum absolute atomic E-state index is 14.7. The van der Waals surface area contributed by atoms with E-state index in [2.05, 4.69) is 5.32 Å².